The van der Waals surface area contributed by atoms with Gasteiger partial charge in [0.25, 0.3) is 0 Å². The van der Waals surface area contributed by atoms with Crippen LogP contribution < -0.4 is 5.73 Å². The Kier molecular flexibility index (Phi) is 3.60. The highest BCUT2D eigenvalue weighted by molar-refractivity contribution is 5.77. The van der Waals surface area contributed by atoms with Gasteiger partial charge in [0.1, 0.15) is 12.8 Å². The van der Waals surface area contributed by atoms with Crippen LogP contribution in [0.4, 0.5) is 4.79 Å². The fraction of sp³-hybridized carbons (Fsp3) is 0.500. The largest absolute Gasteiger partial charge is 0.377 e. The number of hydrogen-bond acceptors (Lipinski definition) is 4. The van der Waals surface area contributed by atoms with Crippen LogP contribution in [0, 0.1) is 0 Å². The van der Waals surface area contributed by atoms with Crippen molar-refractivity contribution in [1.82, 2.24) is 9.96 Å². The average Bonchev–Trinajstić information content (AvgIpc) is 2.70. The van der Waals surface area contributed by atoms with Crippen molar-refractivity contribution in [2.45, 2.75) is 37.8 Å². The van der Waals surface area contributed by atoms with Gasteiger partial charge in [-0.25, -0.2) is 4.79 Å². The zero-order valence-electron chi connectivity index (χ0n) is 11.2. The van der Waals surface area contributed by atoms with Gasteiger partial charge in [-0.2, -0.15) is 5.06 Å². The molecular formula is C14H19N3O3. The molecule has 2 fully saturated rings. The summed E-state index contributed by atoms with van der Waals surface area (Å²) in [4.78, 5) is 19.6. The van der Waals surface area contributed by atoms with Crippen LogP contribution in [0.25, 0.3) is 0 Å². The number of fused-ring (bicyclic) bond motifs is 2. The third kappa shape index (κ3) is 2.37. The molecule has 108 valence electrons. The smallest absolute Gasteiger partial charge is 0.344 e. The molecule has 6 heteroatoms. The minimum absolute atomic E-state index is 0.0567. The number of urea groups is 1. The Balaban J connectivity index is 1.65. The number of piperidine rings is 1. The maximum atomic E-state index is 12.3. The van der Waals surface area contributed by atoms with Crippen LogP contribution in [0.3, 0.4) is 0 Å². The molecule has 2 bridgehead atoms. The number of carbonyl (C=O) groups excluding carboxylic acids is 1. The second-order valence-corrected chi connectivity index (χ2v) is 5.31. The van der Waals surface area contributed by atoms with E-state index in [1.165, 1.54) is 5.06 Å². The third-order valence-corrected chi connectivity index (χ3v) is 3.98. The van der Waals surface area contributed by atoms with Crippen molar-refractivity contribution < 1.29 is 14.7 Å². The van der Waals surface area contributed by atoms with E-state index < -0.39 is 6.23 Å². The average molecular weight is 277 g/mol. The van der Waals surface area contributed by atoms with Gasteiger partial charge in [-0.15, -0.1) is 0 Å². The Hall–Kier alpha value is -1.63. The lowest BCUT2D eigenvalue weighted by Gasteiger charge is -2.31. The molecule has 0 saturated carbocycles. The summed E-state index contributed by atoms with van der Waals surface area (Å²) in [5, 5.41) is 11.0. The molecule has 1 aromatic carbocycles. The second kappa shape index (κ2) is 5.40. The topological polar surface area (TPSA) is 79.0 Å². The molecule has 2 aliphatic rings. The van der Waals surface area contributed by atoms with Crippen molar-refractivity contribution in [3.63, 3.8) is 0 Å². The van der Waals surface area contributed by atoms with Crippen LogP contribution in [0.2, 0.25) is 0 Å². The van der Waals surface area contributed by atoms with Crippen molar-refractivity contribution in [3.05, 3.63) is 35.9 Å². The van der Waals surface area contributed by atoms with Gasteiger partial charge >= 0.3 is 6.03 Å². The number of nitrogens with two attached hydrogens (primary N) is 1. The number of amides is 2. The Morgan fingerprint density at radius 3 is 2.80 bits per heavy atom. The number of aliphatic hydroxyl groups excluding tert-OH is 1. The Labute approximate surface area is 117 Å². The van der Waals surface area contributed by atoms with E-state index in [0.717, 1.165) is 12.0 Å². The zero-order valence-corrected chi connectivity index (χ0v) is 11.2. The van der Waals surface area contributed by atoms with Gasteiger partial charge in [0.2, 0.25) is 0 Å². The lowest BCUT2D eigenvalue weighted by Crippen LogP contribution is -2.50. The van der Waals surface area contributed by atoms with Crippen molar-refractivity contribution in [2.75, 3.05) is 6.54 Å². The monoisotopic (exact) mass is 277 g/mol. The predicted octanol–water partition coefficient (Wildman–Crippen LogP) is 0.664. The maximum absolute atomic E-state index is 12.3. The summed E-state index contributed by atoms with van der Waals surface area (Å²) in [5.74, 6) is 0. The van der Waals surface area contributed by atoms with E-state index in [1.807, 2.05) is 30.3 Å². The van der Waals surface area contributed by atoms with Crippen molar-refractivity contribution in [3.8, 4) is 0 Å². The first-order valence-corrected chi connectivity index (χ1v) is 6.87. The number of nitrogens with zero attached hydrogens (tertiary/aromatic N) is 2. The summed E-state index contributed by atoms with van der Waals surface area (Å²) < 4.78 is 0. The number of carbonyl (C=O) groups is 1. The molecule has 3 atom stereocenters. The summed E-state index contributed by atoms with van der Waals surface area (Å²) in [6.07, 6.45) is 0.517. The highest BCUT2D eigenvalue weighted by Gasteiger charge is 2.46. The van der Waals surface area contributed by atoms with Gasteiger partial charge in [0, 0.05) is 6.54 Å². The first-order chi connectivity index (χ1) is 9.66. The standard InChI is InChI=1S/C14H19N3O3/c15-13(18)12-7-6-11-8-16(12)14(19)17(11)20-9-10-4-2-1-3-5-10/h1-5,11-13,18H,6-9,15H2/t11-,12+,13?/m1/s1. The Morgan fingerprint density at radius 2 is 2.10 bits per heavy atom. The van der Waals surface area contributed by atoms with E-state index in [9.17, 15) is 9.90 Å². The predicted molar refractivity (Wildman–Crippen MR) is 72.2 cm³/mol. The third-order valence-electron chi connectivity index (χ3n) is 3.98. The van der Waals surface area contributed by atoms with E-state index >= 15 is 0 Å². The molecular weight excluding hydrogens is 258 g/mol. The number of aliphatic hydroxyl groups is 1. The zero-order chi connectivity index (χ0) is 14.1. The molecule has 2 saturated heterocycles. The highest BCUT2D eigenvalue weighted by Crippen LogP contribution is 2.31. The van der Waals surface area contributed by atoms with Gasteiger partial charge in [0.05, 0.1) is 12.1 Å². The van der Waals surface area contributed by atoms with Crippen LogP contribution in [0.1, 0.15) is 18.4 Å². The molecule has 2 aliphatic heterocycles. The lowest BCUT2D eigenvalue weighted by molar-refractivity contribution is -0.140. The summed E-state index contributed by atoms with van der Waals surface area (Å²) in [5.41, 5.74) is 6.55. The number of hydrogen-bond donors (Lipinski definition) is 2. The van der Waals surface area contributed by atoms with Crippen molar-refractivity contribution in [2.24, 2.45) is 5.73 Å². The van der Waals surface area contributed by atoms with Gasteiger partial charge in [-0.1, -0.05) is 30.3 Å². The van der Waals surface area contributed by atoms with E-state index in [2.05, 4.69) is 0 Å². The molecule has 3 rings (SSSR count). The number of hydroxylamine groups is 2. The van der Waals surface area contributed by atoms with Gasteiger partial charge < -0.3 is 15.7 Å². The van der Waals surface area contributed by atoms with E-state index in [1.54, 1.807) is 4.90 Å². The quantitative estimate of drug-likeness (QED) is 0.793. The maximum Gasteiger partial charge on any atom is 0.344 e. The summed E-state index contributed by atoms with van der Waals surface area (Å²) in [6.45, 7) is 0.944. The SMILES string of the molecule is NC(O)[C@@H]1CC[C@@H]2CN1C(=O)N2OCc1ccccc1. The molecule has 1 aromatic rings. The fourth-order valence-electron chi connectivity index (χ4n) is 2.90. The van der Waals surface area contributed by atoms with Crippen LogP contribution >= 0.6 is 0 Å². The molecule has 0 aliphatic carbocycles. The van der Waals surface area contributed by atoms with Crippen LogP contribution in [-0.4, -0.2) is 46.0 Å². The summed E-state index contributed by atoms with van der Waals surface area (Å²) in [6, 6.07) is 9.29. The summed E-state index contributed by atoms with van der Waals surface area (Å²) in [7, 11) is 0. The normalized spacial score (nSPS) is 27.0. The molecule has 1 unspecified atom stereocenters. The number of rotatable bonds is 4. The van der Waals surface area contributed by atoms with Crippen LogP contribution in [0.15, 0.2) is 30.3 Å². The van der Waals surface area contributed by atoms with Crippen LogP contribution in [-0.2, 0) is 11.4 Å². The van der Waals surface area contributed by atoms with Gasteiger partial charge in [-0.05, 0) is 18.4 Å². The molecule has 6 nitrogen and oxygen atoms in total. The minimum atomic E-state index is -0.992. The van der Waals surface area contributed by atoms with Crippen molar-refractivity contribution in [1.29, 1.82) is 0 Å². The molecule has 0 radical (unpaired) electrons. The first-order valence-electron chi connectivity index (χ1n) is 6.87. The Morgan fingerprint density at radius 1 is 1.35 bits per heavy atom. The van der Waals surface area contributed by atoms with E-state index in [0.29, 0.717) is 19.6 Å². The minimum Gasteiger partial charge on any atom is -0.377 e. The van der Waals surface area contributed by atoms with Gasteiger partial charge in [-0.3, -0.25) is 4.84 Å². The molecule has 2 amide bonds. The summed E-state index contributed by atoms with van der Waals surface area (Å²) >= 11 is 0. The second-order valence-electron chi connectivity index (χ2n) is 5.31. The van der Waals surface area contributed by atoms with E-state index in [4.69, 9.17) is 10.6 Å². The molecule has 3 N–H and O–H groups in total. The molecule has 2 heterocycles. The van der Waals surface area contributed by atoms with Crippen molar-refractivity contribution >= 4 is 6.03 Å². The van der Waals surface area contributed by atoms with Gasteiger partial charge in [0.15, 0.2) is 0 Å². The van der Waals surface area contributed by atoms with Crippen LogP contribution in [0.5, 0.6) is 0 Å². The molecule has 0 aromatic heterocycles. The van der Waals surface area contributed by atoms with E-state index in [-0.39, 0.29) is 18.1 Å². The molecule has 0 spiro atoms. The lowest BCUT2D eigenvalue weighted by atomic mass is 10.00. The molecule has 20 heavy (non-hydrogen) atoms. The number of benzene rings is 1. The highest BCUT2D eigenvalue weighted by atomic mass is 16.7. The Bertz CT molecular complexity index is 480. The first kappa shape index (κ1) is 13.4. The fourth-order valence-corrected chi connectivity index (χ4v) is 2.90.